The molecule has 2 heteroatoms. The van der Waals surface area contributed by atoms with Crippen molar-refractivity contribution in [1.82, 2.24) is 0 Å². The molecule has 1 rings (SSSR count). The fraction of sp³-hybridized carbons (Fsp3) is 0.545. The molecule has 0 heterocycles. The molecular formula is C11H17NO. The summed E-state index contributed by atoms with van der Waals surface area (Å²) in [6.07, 6.45) is 7.39. The van der Waals surface area contributed by atoms with Gasteiger partial charge < -0.3 is 4.84 Å². The first kappa shape index (κ1) is 10.0. The van der Waals surface area contributed by atoms with Gasteiger partial charge in [-0.1, -0.05) is 23.7 Å². The maximum absolute atomic E-state index is 5.24. The van der Waals surface area contributed by atoms with Crippen LogP contribution in [-0.4, -0.2) is 5.71 Å². The Morgan fingerprint density at radius 1 is 1.38 bits per heavy atom. The van der Waals surface area contributed by atoms with Gasteiger partial charge in [0, 0.05) is 6.42 Å². The zero-order valence-corrected chi connectivity index (χ0v) is 8.63. The molecule has 13 heavy (non-hydrogen) atoms. The van der Waals surface area contributed by atoms with E-state index in [9.17, 15) is 0 Å². The minimum Gasteiger partial charge on any atom is -0.362 e. The summed E-state index contributed by atoms with van der Waals surface area (Å²) >= 11 is 0. The third-order valence-corrected chi connectivity index (χ3v) is 2.00. The summed E-state index contributed by atoms with van der Waals surface area (Å²) in [6.45, 7) is 6.03. The highest BCUT2D eigenvalue weighted by Crippen LogP contribution is 2.21. The summed E-state index contributed by atoms with van der Waals surface area (Å²) in [7, 11) is 0. The van der Waals surface area contributed by atoms with Crippen LogP contribution in [0, 0.1) is 0 Å². The average molecular weight is 179 g/mol. The van der Waals surface area contributed by atoms with E-state index in [0.29, 0.717) is 0 Å². The van der Waals surface area contributed by atoms with Crippen LogP contribution in [0.1, 0.15) is 40.0 Å². The molecule has 0 aromatic rings. The van der Waals surface area contributed by atoms with E-state index < -0.39 is 0 Å². The van der Waals surface area contributed by atoms with Gasteiger partial charge in [0.1, 0.15) is 5.76 Å². The van der Waals surface area contributed by atoms with Crippen LogP contribution < -0.4 is 0 Å². The predicted octanol–water partition coefficient (Wildman–Crippen LogP) is 3.41. The van der Waals surface area contributed by atoms with Crippen LogP contribution in [-0.2, 0) is 4.84 Å². The van der Waals surface area contributed by atoms with Gasteiger partial charge in [-0.05, 0) is 32.8 Å². The third kappa shape index (κ3) is 3.45. The Morgan fingerprint density at radius 3 is 2.62 bits per heavy atom. The van der Waals surface area contributed by atoms with E-state index >= 15 is 0 Å². The molecule has 0 saturated heterocycles. The topological polar surface area (TPSA) is 21.6 Å². The summed E-state index contributed by atoms with van der Waals surface area (Å²) in [5.41, 5.74) is 2.44. The van der Waals surface area contributed by atoms with E-state index in [1.54, 1.807) is 0 Å². The lowest BCUT2D eigenvalue weighted by atomic mass is 10.0. The van der Waals surface area contributed by atoms with E-state index in [2.05, 4.69) is 18.2 Å². The molecule has 0 saturated carbocycles. The number of oxime groups is 1. The van der Waals surface area contributed by atoms with E-state index in [1.807, 2.05) is 19.9 Å². The van der Waals surface area contributed by atoms with Gasteiger partial charge in [-0.25, -0.2) is 0 Å². The van der Waals surface area contributed by atoms with Gasteiger partial charge >= 0.3 is 0 Å². The molecule has 0 aliphatic heterocycles. The van der Waals surface area contributed by atoms with Crippen molar-refractivity contribution < 1.29 is 4.84 Å². The summed E-state index contributed by atoms with van der Waals surface area (Å²) in [4.78, 5) is 5.24. The highest BCUT2D eigenvalue weighted by molar-refractivity contribution is 5.78. The molecule has 72 valence electrons. The van der Waals surface area contributed by atoms with Gasteiger partial charge in [-0.3, -0.25) is 0 Å². The molecule has 1 aliphatic carbocycles. The van der Waals surface area contributed by atoms with Gasteiger partial charge in [-0.15, -0.1) is 0 Å². The van der Waals surface area contributed by atoms with Crippen molar-refractivity contribution in [2.75, 3.05) is 0 Å². The first-order valence-corrected chi connectivity index (χ1v) is 4.79. The molecule has 0 N–H and O–H groups in total. The lowest BCUT2D eigenvalue weighted by Crippen LogP contribution is -1.95. The van der Waals surface area contributed by atoms with Crippen molar-refractivity contribution in [2.24, 2.45) is 5.16 Å². The Bertz CT molecular complexity index is 257. The fourth-order valence-electron chi connectivity index (χ4n) is 1.18. The van der Waals surface area contributed by atoms with Crippen LogP contribution in [0.2, 0.25) is 0 Å². The van der Waals surface area contributed by atoms with Gasteiger partial charge in [-0.2, -0.15) is 0 Å². The first-order valence-electron chi connectivity index (χ1n) is 4.79. The standard InChI is InChI=1S/C11H17NO/c1-4-10-5-7-11(8-6-10)13-12-9(2)3/h5,7H,4,6,8H2,1-3H3. The van der Waals surface area contributed by atoms with Crippen LogP contribution in [0.5, 0.6) is 0 Å². The molecule has 1 aliphatic rings. The van der Waals surface area contributed by atoms with Crippen LogP contribution in [0.25, 0.3) is 0 Å². The van der Waals surface area contributed by atoms with Crippen LogP contribution in [0.4, 0.5) is 0 Å². The summed E-state index contributed by atoms with van der Waals surface area (Å²) in [5, 5.41) is 3.92. The lowest BCUT2D eigenvalue weighted by molar-refractivity contribution is 0.214. The maximum atomic E-state index is 5.24. The SMILES string of the molecule is CCC1=CC=C(ON=C(C)C)CC1. The molecule has 0 amide bonds. The second-order valence-electron chi connectivity index (χ2n) is 3.44. The molecule has 0 atom stereocenters. The van der Waals surface area contributed by atoms with Crippen molar-refractivity contribution in [3.8, 4) is 0 Å². The normalized spacial score (nSPS) is 15.9. The smallest absolute Gasteiger partial charge is 0.135 e. The Balaban J connectivity index is 2.50. The van der Waals surface area contributed by atoms with Crippen molar-refractivity contribution in [2.45, 2.75) is 40.0 Å². The summed E-state index contributed by atoms with van der Waals surface area (Å²) < 4.78 is 0. The van der Waals surface area contributed by atoms with E-state index in [-0.39, 0.29) is 0 Å². The molecule has 0 unspecified atom stereocenters. The number of allylic oxidation sites excluding steroid dienone is 4. The van der Waals surface area contributed by atoms with Gasteiger partial charge in [0.15, 0.2) is 0 Å². The van der Waals surface area contributed by atoms with Gasteiger partial charge in [0.05, 0.1) is 5.71 Å². The molecule has 0 radical (unpaired) electrons. The first-order chi connectivity index (χ1) is 6.22. The zero-order valence-electron chi connectivity index (χ0n) is 8.63. The minimum atomic E-state index is 0.950. The van der Waals surface area contributed by atoms with Crippen molar-refractivity contribution in [3.05, 3.63) is 23.5 Å². The minimum absolute atomic E-state index is 0.950. The summed E-state index contributed by atoms with van der Waals surface area (Å²) in [6, 6.07) is 0. The number of hydrogen-bond donors (Lipinski definition) is 0. The highest BCUT2D eigenvalue weighted by atomic mass is 16.6. The Labute approximate surface area is 80.0 Å². The zero-order chi connectivity index (χ0) is 9.68. The Hall–Kier alpha value is -1.05. The lowest BCUT2D eigenvalue weighted by Gasteiger charge is -2.11. The quantitative estimate of drug-likeness (QED) is 0.480. The molecule has 0 bridgehead atoms. The average Bonchev–Trinajstić information content (AvgIpc) is 2.15. The van der Waals surface area contributed by atoms with Crippen molar-refractivity contribution in [1.29, 1.82) is 0 Å². The number of rotatable bonds is 3. The number of hydrogen-bond acceptors (Lipinski definition) is 2. The molecule has 0 fully saturated rings. The predicted molar refractivity (Wildman–Crippen MR) is 55.6 cm³/mol. The second kappa shape index (κ2) is 4.85. The van der Waals surface area contributed by atoms with Crippen molar-refractivity contribution in [3.63, 3.8) is 0 Å². The monoisotopic (exact) mass is 179 g/mol. The van der Waals surface area contributed by atoms with Crippen molar-refractivity contribution >= 4 is 5.71 Å². The Kier molecular flexibility index (Phi) is 3.74. The van der Waals surface area contributed by atoms with Gasteiger partial charge in [0.2, 0.25) is 0 Å². The molecular weight excluding hydrogens is 162 g/mol. The molecule has 0 aromatic carbocycles. The van der Waals surface area contributed by atoms with Crippen LogP contribution >= 0.6 is 0 Å². The fourth-order valence-corrected chi connectivity index (χ4v) is 1.18. The highest BCUT2D eigenvalue weighted by Gasteiger charge is 2.05. The van der Waals surface area contributed by atoms with E-state index in [0.717, 1.165) is 30.7 Å². The third-order valence-electron chi connectivity index (χ3n) is 2.00. The summed E-state index contributed by atoms with van der Waals surface area (Å²) in [5.74, 6) is 0.971. The Morgan fingerprint density at radius 2 is 2.15 bits per heavy atom. The van der Waals surface area contributed by atoms with Crippen LogP contribution in [0.15, 0.2) is 28.6 Å². The molecule has 0 spiro atoms. The molecule has 2 nitrogen and oxygen atoms in total. The van der Waals surface area contributed by atoms with E-state index in [1.165, 1.54) is 5.57 Å². The van der Waals surface area contributed by atoms with Gasteiger partial charge in [0.25, 0.3) is 0 Å². The second-order valence-corrected chi connectivity index (χ2v) is 3.44. The van der Waals surface area contributed by atoms with Crippen LogP contribution in [0.3, 0.4) is 0 Å². The largest absolute Gasteiger partial charge is 0.362 e. The van der Waals surface area contributed by atoms with E-state index in [4.69, 9.17) is 4.84 Å². The number of nitrogens with zero attached hydrogens (tertiary/aromatic N) is 1. The maximum Gasteiger partial charge on any atom is 0.135 e. The molecule has 0 aromatic heterocycles.